The lowest BCUT2D eigenvalue weighted by Crippen LogP contribution is -2.40. The molecule has 0 aliphatic rings. The molecule has 0 radical (unpaired) electrons. The smallest absolute Gasteiger partial charge is 0.254 e. The van der Waals surface area contributed by atoms with Crippen molar-refractivity contribution in [2.24, 2.45) is 5.41 Å². The Labute approximate surface area is 126 Å². The molecule has 21 heavy (non-hydrogen) atoms. The monoisotopic (exact) mass is 296 g/mol. The lowest BCUT2D eigenvalue weighted by molar-refractivity contribution is 0.0893. The van der Waals surface area contributed by atoms with Crippen LogP contribution in [0.3, 0.4) is 0 Å². The van der Waals surface area contributed by atoms with Crippen LogP contribution in [0, 0.1) is 11.2 Å². The van der Waals surface area contributed by atoms with Gasteiger partial charge in [-0.25, -0.2) is 4.39 Å². The summed E-state index contributed by atoms with van der Waals surface area (Å²) < 4.78 is 14.0. The van der Waals surface area contributed by atoms with Gasteiger partial charge in [0.1, 0.15) is 5.82 Å². The number of halogens is 1. The molecule has 1 amide bonds. The van der Waals surface area contributed by atoms with Crippen molar-refractivity contribution in [2.75, 3.05) is 25.6 Å². The van der Waals surface area contributed by atoms with Crippen molar-refractivity contribution in [2.45, 2.75) is 33.2 Å². The summed E-state index contributed by atoms with van der Waals surface area (Å²) in [5.41, 5.74) is 0.652. The Kier molecular flexibility index (Phi) is 5.72. The van der Waals surface area contributed by atoms with E-state index in [0.29, 0.717) is 12.1 Å². The van der Waals surface area contributed by atoms with Gasteiger partial charge in [0.05, 0.1) is 18.2 Å². The van der Waals surface area contributed by atoms with Gasteiger partial charge in [-0.15, -0.1) is 0 Å². The maximum atomic E-state index is 14.0. The van der Waals surface area contributed by atoms with E-state index in [1.165, 1.54) is 12.1 Å². The number of nitrogens with zero attached hydrogens (tertiary/aromatic N) is 1. The van der Waals surface area contributed by atoms with E-state index in [0.717, 1.165) is 0 Å². The zero-order valence-electron chi connectivity index (χ0n) is 13.4. The summed E-state index contributed by atoms with van der Waals surface area (Å²) in [4.78, 5) is 13.9. The van der Waals surface area contributed by atoms with Gasteiger partial charge in [-0.05, 0) is 30.0 Å². The SMILES string of the molecule is CN(C)c1ccc(C(=O)NC(CO)CC(C)(C)C)c(F)c1. The average Bonchev–Trinajstić information content (AvgIpc) is 2.35. The van der Waals surface area contributed by atoms with E-state index >= 15 is 0 Å². The number of aliphatic hydroxyl groups excluding tert-OH is 1. The van der Waals surface area contributed by atoms with E-state index in [1.54, 1.807) is 25.1 Å². The molecule has 1 aromatic rings. The van der Waals surface area contributed by atoms with Gasteiger partial charge in [-0.2, -0.15) is 0 Å². The maximum Gasteiger partial charge on any atom is 0.254 e. The molecular formula is C16H25FN2O2. The molecule has 0 aliphatic heterocycles. The van der Waals surface area contributed by atoms with Crippen LogP contribution in [0.2, 0.25) is 0 Å². The van der Waals surface area contributed by atoms with Crippen molar-refractivity contribution in [3.63, 3.8) is 0 Å². The molecule has 0 bridgehead atoms. The Morgan fingerprint density at radius 1 is 1.38 bits per heavy atom. The van der Waals surface area contributed by atoms with Crippen molar-refractivity contribution < 1.29 is 14.3 Å². The van der Waals surface area contributed by atoms with E-state index in [1.807, 2.05) is 20.8 Å². The predicted molar refractivity (Wildman–Crippen MR) is 83.1 cm³/mol. The molecule has 0 heterocycles. The first-order chi connectivity index (χ1) is 9.64. The Morgan fingerprint density at radius 2 is 2.00 bits per heavy atom. The second kappa shape index (κ2) is 6.89. The summed E-state index contributed by atoms with van der Waals surface area (Å²) >= 11 is 0. The highest BCUT2D eigenvalue weighted by molar-refractivity contribution is 5.95. The minimum atomic E-state index is -0.564. The normalized spacial score (nSPS) is 12.9. The van der Waals surface area contributed by atoms with Gasteiger partial charge in [0, 0.05) is 19.8 Å². The number of aliphatic hydroxyl groups is 1. The van der Waals surface area contributed by atoms with Gasteiger partial charge in [-0.1, -0.05) is 20.8 Å². The van der Waals surface area contributed by atoms with Crippen molar-refractivity contribution >= 4 is 11.6 Å². The summed E-state index contributed by atoms with van der Waals surface area (Å²) in [6.45, 7) is 5.90. The van der Waals surface area contributed by atoms with Gasteiger partial charge in [0.2, 0.25) is 0 Å². The Balaban J connectivity index is 2.84. The molecule has 1 aromatic carbocycles. The highest BCUT2D eigenvalue weighted by Gasteiger charge is 2.21. The van der Waals surface area contributed by atoms with Crippen LogP contribution < -0.4 is 10.2 Å². The Bertz CT molecular complexity index is 496. The second-order valence-electron chi connectivity index (χ2n) is 6.68. The molecular weight excluding hydrogens is 271 g/mol. The molecule has 118 valence electrons. The van der Waals surface area contributed by atoms with Crippen molar-refractivity contribution in [3.05, 3.63) is 29.6 Å². The fraction of sp³-hybridized carbons (Fsp3) is 0.562. The first-order valence-electron chi connectivity index (χ1n) is 7.02. The highest BCUT2D eigenvalue weighted by Crippen LogP contribution is 2.21. The first kappa shape index (κ1) is 17.4. The van der Waals surface area contributed by atoms with E-state index in [-0.39, 0.29) is 23.6 Å². The van der Waals surface area contributed by atoms with Crippen molar-refractivity contribution in [1.29, 1.82) is 0 Å². The number of hydrogen-bond acceptors (Lipinski definition) is 3. The van der Waals surface area contributed by atoms with Crippen LogP contribution in [0.1, 0.15) is 37.6 Å². The van der Waals surface area contributed by atoms with Crippen LogP contribution in [0.5, 0.6) is 0 Å². The summed E-state index contributed by atoms with van der Waals surface area (Å²) in [5.74, 6) is -1.06. The van der Waals surface area contributed by atoms with Crippen LogP contribution in [0.25, 0.3) is 0 Å². The number of hydrogen-bond donors (Lipinski definition) is 2. The van der Waals surface area contributed by atoms with Crippen LogP contribution in [0.4, 0.5) is 10.1 Å². The number of nitrogens with one attached hydrogen (secondary N) is 1. The van der Waals surface area contributed by atoms with Gasteiger partial charge in [-0.3, -0.25) is 4.79 Å². The largest absolute Gasteiger partial charge is 0.394 e. The summed E-state index contributed by atoms with van der Waals surface area (Å²) in [6.07, 6.45) is 0.618. The molecule has 1 rings (SSSR count). The molecule has 0 saturated heterocycles. The molecule has 1 atom stereocenters. The number of carbonyl (C=O) groups excluding carboxylic acids is 1. The van der Waals surface area contributed by atoms with Gasteiger partial charge < -0.3 is 15.3 Å². The van der Waals surface area contributed by atoms with Crippen LogP contribution in [-0.2, 0) is 0 Å². The lowest BCUT2D eigenvalue weighted by atomic mass is 9.88. The predicted octanol–water partition coefficient (Wildman–Crippen LogP) is 2.42. The number of amides is 1. The first-order valence-corrected chi connectivity index (χ1v) is 7.02. The Hall–Kier alpha value is -1.62. The van der Waals surface area contributed by atoms with Crippen LogP contribution >= 0.6 is 0 Å². The minimum absolute atomic E-state index is 0.00652. The topological polar surface area (TPSA) is 52.6 Å². The van der Waals surface area contributed by atoms with E-state index < -0.39 is 11.7 Å². The van der Waals surface area contributed by atoms with E-state index in [9.17, 15) is 14.3 Å². The standard InChI is InChI=1S/C16H25FN2O2/c1-16(2,3)9-11(10-20)18-15(21)13-7-6-12(19(4)5)8-14(13)17/h6-8,11,20H,9-10H2,1-5H3,(H,18,21). The molecule has 4 nitrogen and oxygen atoms in total. The number of benzene rings is 1. The zero-order valence-corrected chi connectivity index (χ0v) is 13.4. The van der Waals surface area contributed by atoms with Gasteiger partial charge in [0.25, 0.3) is 5.91 Å². The van der Waals surface area contributed by atoms with E-state index in [2.05, 4.69) is 5.32 Å². The number of carbonyl (C=O) groups is 1. The lowest BCUT2D eigenvalue weighted by Gasteiger charge is -2.25. The third kappa shape index (κ3) is 5.34. The molecule has 0 saturated carbocycles. The molecule has 5 heteroatoms. The average molecular weight is 296 g/mol. The number of anilines is 1. The summed E-state index contributed by atoms with van der Waals surface area (Å²) in [6, 6.07) is 4.10. The molecule has 0 fully saturated rings. The molecule has 2 N–H and O–H groups in total. The number of rotatable bonds is 5. The maximum absolute atomic E-state index is 14.0. The second-order valence-corrected chi connectivity index (χ2v) is 6.68. The quantitative estimate of drug-likeness (QED) is 0.877. The fourth-order valence-corrected chi connectivity index (χ4v) is 2.13. The summed E-state index contributed by atoms with van der Waals surface area (Å²) in [7, 11) is 3.61. The Morgan fingerprint density at radius 3 is 2.43 bits per heavy atom. The van der Waals surface area contributed by atoms with Crippen LogP contribution in [0.15, 0.2) is 18.2 Å². The van der Waals surface area contributed by atoms with Crippen molar-refractivity contribution in [1.82, 2.24) is 5.32 Å². The van der Waals surface area contributed by atoms with E-state index in [4.69, 9.17) is 0 Å². The molecule has 0 spiro atoms. The molecule has 1 unspecified atom stereocenters. The molecule has 0 aliphatic carbocycles. The zero-order chi connectivity index (χ0) is 16.2. The van der Waals surface area contributed by atoms with Crippen LogP contribution in [-0.4, -0.2) is 37.8 Å². The molecule has 0 aromatic heterocycles. The summed E-state index contributed by atoms with van der Waals surface area (Å²) in [5, 5.41) is 12.0. The highest BCUT2D eigenvalue weighted by atomic mass is 19.1. The third-order valence-corrected chi connectivity index (χ3v) is 3.13. The van der Waals surface area contributed by atoms with Gasteiger partial charge in [0.15, 0.2) is 0 Å². The van der Waals surface area contributed by atoms with Gasteiger partial charge >= 0.3 is 0 Å². The van der Waals surface area contributed by atoms with Crippen molar-refractivity contribution in [3.8, 4) is 0 Å². The fourth-order valence-electron chi connectivity index (χ4n) is 2.13. The third-order valence-electron chi connectivity index (χ3n) is 3.13. The minimum Gasteiger partial charge on any atom is -0.394 e.